The van der Waals surface area contributed by atoms with Crippen molar-refractivity contribution in [3.05, 3.63) is 29.3 Å². The third kappa shape index (κ3) is 5.35. The number of methoxy groups -OCH3 is 1. The summed E-state index contributed by atoms with van der Waals surface area (Å²) in [5.74, 6) is 2.63. The number of benzene rings is 1. The number of piperidine rings is 1. The van der Waals surface area contributed by atoms with Gasteiger partial charge in [0.15, 0.2) is 0 Å². The van der Waals surface area contributed by atoms with Crippen molar-refractivity contribution >= 4 is 6.09 Å². The fourth-order valence-electron chi connectivity index (χ4n) is 9.40. The molecule has 5 rings (SSSR count). The minimum atomic E-state index is -0.192. The SMILES string of the molecule is CCNC1CCN(C(=O)Oc2ccc3c(c2)CC(CCC(C)(C)CC)C2C3CCC3(C)C(OC)CC[C@@]23C)CC1. The molecule has 5 nitrogen and oxygen atoms in total. The van der Waals surface area contributed by atoms with Crippen LogP contribution in [0.5, 0.6) is 5.75 Å². The van der Waals surface area contributed by atoms with Crippen molar-refractivity contribution in [3.8, 4) is 5.75 Å². The third-order valence-corrected chi connectivity index (χ3v) is 12.5. The van der Waals surface area contributed by atoms with E-state index in [2.05, 4.69) is 65.1 Å². The molecule has 2 saturated carbocycles. The summed E-state index contributed by atoms with van der Waals surface area (Å²) in [4.78, 5) is 15.0. The monoisotopic (exact) mass is 552 g/mol. The topological polar surface area (TPSA) is 50.8 Å². The van der Waals surface area contributed by atoms with Crippen LogP contribution in [0.3, 0.4) is 0 Å². The first-order chi connectivity index (χ1) is 19.0. The zero-order chi connectivity index (χ0) is 28.7. The van der Waals surface area contributed by atoms with E-state index < -0.39 is 0 Å². The Morgan fingerprint density at radius 1 is 1.07 bits per heavy atom. The van der Waals surface area contributed by atoms with Crippen molar-refractivity contribution < 1.29 is 14.3 Å². The number of ether oxygens (including phenoxy) is 2. The van der Waals surface area contributed by atoms with Gasteiger partial charge in [0.1, 0.15) is 5.75 Å². The van der Waals surface area contributed by atoms with Crippen molar-refractivity contribution in [2.45, 2.75) is 124 Å². The lowest BCUT2D eigenvalue weighted by molar-refractivity contribution is -0.112. The van der Waals surface area contributed by atoms with Gasteiger partial charge in [0.05, 0.1) is 6.10 Å². The Bertz CT molecular complexity index is 1050. The van der Waals surface area contributed by atoms with Crippen LogP contribution in [0.4, 0.5) is 4.79 Å². The van der Waals surface area contributed by atoms with Gasteiger partial charge >= 0.3 is 6.09 Å². The highest BCUT2D eigenvalue weighted by Crippen LogP contribution is 2.70. The number of hydrogen-bond donors (Lipinski definition) is 1. The molecule has 1 aliphatic heterocycles. The Morgan fingerprint density at radius 3 is 2.48 bits per heavy atom. The van der Waals surface area contributed by atoms with Crippen LogP contribution in [0, 0.1) is 28.1 Å². The first kappa shape index (κ1) is 29.9. The number of carbonyl (C=O) groups is 1. The van der Waals surface area contributed by atoms with Gasteiger partial charge in [0.25, 0.3) is 0 Å². The largest absolute Gasteiger partial charge is 0.415 e. The van der Waals surface area contributed by atoms with Gasteiger partial charge in [-0.25, -0.2) is 4.79 Å². The minimum absolute atomic E-state index is 0.192. The molecule has 1 aromatic rings. The second kappa shape index (κ2) is 11.6. The maximum Gasteiger partial charge on any atom is 0.415 e. The lowest BCUT2D eigenvalue weighted by Crippen LogP contribution is -2.54. The Labute approximate surface area is 244 Å². The first-order valence-corrected chi connectivity index (χ1v) is 16.4. The van der Waals surface area contributed by atoms with E-state index in [-0.39, 0.29) is 11.5 Å². The number of fused-ring (bicyclic) bond motifs is 5. The third-order valence-electron chi connectivity index (χ3n) is 12.5. The number of hydrogen-bond acceptors (Lipinski definition) is 4. The van der Waals surface area contributed by atoms with Gasteiger partial charge in [-0.1, -0.05) is 54.0 Å². The second-order valence-corrected chi connectivity index (χ2v) is 14.8. The number of nitrogens with zero attached hydrogens (tertiary/aromatic N) is 1. The molecule has 0 spiro atoms. The van der Waals surface area contributed by atoms with E-state index >= 15 is 0 Å². The highest BCUT2D eigenvalue weighted by atomic mass is 16.6. The van der Waals surface area contributed by atoms with Crippen molar-refractivity contribution in [2.24, 2.45) is 28.1 Å². The first-order valence-electron chi connectivity index (χ1n) is 16.4. The van der Waals surface area contributed by atoms with Crippen LogP contribution in [-0.2, 0) is 11.2 Å². The Kier molecular flexibility index (Phi) is 8.66. The molecule has 3 aliphatic carbocycles. The molecule has 5 heteroatoms. The van der Waals surface area contributed by atoms with Crippen LogP contribution < -0.4 is 10.1 Å². The molecule has 4 aliphatic rings. The summed E-state index contributed by atoms with van der Waals surface area (Å²) in [6, 6.07) is 7.12. The average molecular weight is 553 g/mol. The fraction of sp³-hybridized carbons (Fsp3) is 0.800. The van der Waals surface area contributed by atoms with E-state index in [1.165, 1.54) is 56.1 Å². The zero-order valence-electron chi connectivity index (χ0n) is 26.5. The molecule has 1 saturated heterocycles. The molecule has 1 N–H and O–H groups in total. The van der Waals surface area contributed by atoms with Gasteiger partial charge in [-0.3, -0.25) is 0 Å². The summed E-state index contributed by atoms with van der Waals surface area (Å²) < 4.78 is 12.1. The number of nitrogens with one attached hydrogen (secondary N) is 1. The molecular weight excluding hydrogens is 496 g/mol. The van der Waals surface area contributed by atoms with Gasteiger partial charge in [0.2, 0.25) is 0 Å². The molecule has 3 fully saturated rings. The molecule has 40 heavy (non-hydrogen) atoms. The van der Waals surface area contributed by atoms with Crippen LogP contribution >= 0.6 is 0 Å². The Morgan fingerprint density at radius 2 is 1.80 bits per heavy atom. The van der Waals surface area contributed by atoms with Gasteiger partial charge in [-0.15, -0.1) is 0 Å². The maximum absolute atomic E-state index is 13.1. The molecule has 0 aromatic heterocycles. The summed E-state index contributed by atoms with van der Waals surface area (Å²) in [6.07, 6.45) is 11.9. The predicted octanol–water partition coefficient (Wildman–Crippen LogP) is 7.96. The normalized spacial score (nSPS) is 34.2. The van der Waals surface area contributed by atoms with Gasteiger partial charge < -0.3 is 19.7 Å². The summed E-state index contributed by atoms with van der Waals surface area (Å²) in [7, 11) is 1.93. The van der Waals surface area contributed by atoms with Crippen LogP contribution in [0.2, 0.25) is 0 Å². The van der Waals surface area contributed by atoms with Gasteiger partial charge in [-0.05, 0) is 122 Å². The zero-order valence-corrected chi connectivity index (χ0v) is 26.5. The van der Waals surface area contributed by atoms with Crippen LogP contribution in [0.15, 0.2) is 18.2 Å². The summed E-state index contributed by atoms with van der Waals surface area (Å²) >= 11 is 0. The Balaban J connectivity index is 1.38. The van der Waals surface area contributed by atoms with Crippen molar-refractivity contribution in [2.75, 3.05) is 26.7 Å². The summed E-state index contributed by atoms with van der Waals surface area (Å²) in [6.45, 7) is 17.0. The van der Waals surface area contributed by atoms with E-state index in [0.717, 1.165) is 44.6 Å². The number of carbonyl (C=O) groups excluding carboxylic acids is 1. The quantitative estimate of drug-likeness (QED) is 0.355. The van der Waals surface area contributed by atoms with Crippen LogP contribution in [0.25, 0.3) is 0 Å². The highest BCUT2D eigenvalue weighted by Gasteiger charge is 2.64. The lowest BCUT2D eigenvalue weighted by Gasteiger charge is -2.60. The molecule has 1 aromatic carbocycles. The number of rotatable bonds is 8. The molecule has 0 radical (unpaired) electrons. The van der Waals surface area contributed by atoms with Crippen molar-refractivity contribution in [3.63, 3.8) is 0 Å². The molecule has 5 unspecified atom stereocenters. The standard InChI is InChI=1S/C35H56N2O3/c1-8-33(3,4)17-12-24-22-25-23-27(40-32(38)37-20-15-26(16-21-37)36-9-2)10-11-28(25)29-13-18-34(5)30(39-7)14-19-35(34,6)31(24)29/h10-11,23-24,26,29-31,36H,8-9,12-22H2,1-7H3/t24?,29?,30?,31?,34?,35-/m0/s1. The molecule has 224 valence electrons. The smallest absolute Gasteiger partial charge is 0.410 e. The molecule has 1 amide bonds. The average Bonchev–Trinajstić information content (AvgIpc) is 3.22. The van der Waals surface area contributed by atoms with Gasteiger partial charge in [-0.2, -0.15) is 0 Å². The minimum Gasteiger partial charge on any atom is -0.410 e. The molecule has 0 bridgehead atoms. The molecule has 6 atom stereocenters. The lowest BCUT2D eigenvalue weighted by atomic mass is 9.45. The summed E-state index contributed by atoms with van der Waals surface area (Å²) in [5, 5.41) is 3.52. The Hall–Kier alpha value is -1.59. The molecular formula is C35H56N2O3. The molecule has 1 heterocycles. The summed E-state index contributed by atoms with van der Waals surface area (Å²) in [5.41, 5.74) is 3.85. The second-order valence-electron chi connectivity index (χ2n) is 14.8. The van der Waals surface area contributed by atoms with Gasteiger partial charge in [0, 0.05) is 26.2 Å². The van der Waals surface area contributed by atoms with Crippen molar-refractivity contribution in [1.29, 1.82) is 0 Å². The van der Waals surface area contributed by atoms with E-state index in [0.29, 0.717) is 40.7 Å². The maximum atomic E-state index is 13.1. The van der Waals surface area contributed by atoms with Crippen molar-refractivity contribution in [1.82, 2.24) is 10.2 Å². The van der Waals surface area contributed by atoms with E-state index in [4.69, 9.17) is 9.47 Å². The fourth-order valence-corrected chi connectivity index (χ4v) is 9.40. The predicted molar refractivity (Wildman–Crippen MR) is 163 cm³/mol. The number of likely N-dealkylation sites (tertiary alicyclic amines) is 1. The van der Waals surface area contributed by atoms with E-state index in [9.17, 15) is 4.79 Å². The van der Waals surface area contributed by atoms with Crippen LogP contribution in [0.1, 0.15) is 116 Å². The number of amides is 1. The highest BCUT2D eigenvalue weighted by molar-refractivity contribution is 5.71. The van der Waals surface area contributed by atoms with E-state index in [1.807, 2.05) is 12.0 Å². The van der Waals surface area contributed by atoms with E-state index in [1.54, 1.807) is 0 Å². The van der Waals surface area contributed by atoms with Crippen LogP contribution in [-0.4, -0.2) is 49.9 Å².